The molecule has 1 saturated heterocycles. The number of hydrogen-bond acceptors (Lipinski definition) is 3. The van der Waals surface area contributed by atoms with Gasteiger partial charge in [0.1, 0.15) is 0 Å². The third-order valence-corrected chi connectivity index (χ3v) is 3.91. The highest BCUT2D eigenvalue weighted by Crippen LogP contribution is 2.20. The maximum absolute atomic E-state index is 12.2. The van der Waals surface area contributed by atoms with Gasteiger partial charge in [-0.15, -0.1) is 0 Å². The molecule has 1 amide bonds. The fourth-order valence-corrected chi connectivity index (χ4v) is 2.74. The number of carbonyl (C=O) groups excluding carboxylic acids is 1. The summed E-state index contributed by atoms with van der Waals surface area (Å²) in [5.74, 6) is -0.0927. The molecule has 1 aliphatic heterocycles. The van der Waals surface area contributed by atoms with Gasteiger partial charge in [0, 0.05) is 15.3 Å². The van der Waals surface area contributed by atoms with E-state index >= 15 is 0 Å². The second-order valence-corrected chi connectivity index (χ2v) is 5.73. The summed E-state index contributed by atoms with van der Waals surface area (Å²) in [4.78, 5) is 12.2. The van der Waals surface area contributed by atoms with E-state index in [1.54, 1.807) is 0 Å². The van der Waals surface area contributed by atoms with Crippen molar-refractivity contribution in [2.45, 2.75) is 13.0 Å². The summed E-state index contributed by atoms with van der Waals surface area (Å²) in [5.41, 5.74) is 1.96. The van der Waals surface area contributed by atoms with E-state index < -0.39 is 0 Å². The number of amides is 1. The van der Waals surface area contributed by atoms with Crippen LogP contribution in [0.1, 0.15) is 5.56 Å². The molecule has 0 bridgehead atoms. The van der Waals surface area contributed by atoms with Crippen LogP contribution in [0.4, 0.5) is 5.69 Å². The molecule has 1 aromatic rings. The second kappa shape index (κ2) is 5.99. The van der Waals surface area contributed by atoms with Gasteiger partial charge in [0.2, 0.25) is 5.91 Å². The van der Waals surface area contributed by atoms with Crippen LogP contribution in [0.25, 0.3) is 0 Å². The molecule has 1 fully saturated rings. The number of anilines is 1. The number of carbonyl (C=O) groups is 1. The van der Waals surface area contributed by atoms with Crippen LogP contribution in [0, 0.1) is 16.4 Å². The molecule has 2 rings (SSSR count). The minimum Gasteiger partial charge on any atom is -0.379 e. The molecule has 2 atom stereocenters. The lowest BCUT2D eigenvalue weighted by atomic mass is 10.0. The van der Waals surface area contributed by atoms with E-state index in [2.05, 4.69) is 39.3 Å². The van der Waals surface area contributed by atoms with Crippen molar-refractivity contribution in [1.29, 1.82) is 0 Å². The minimum atomic E-state index is -0.117. The number of benzene rings is 1. The topological polar surface area (TPSA) is 50.4 Å². The fourth-order valence-electron chi connectivity index (χ4n) is 2.09. The summed E-state index contributed by atoms with van der Waals surface area (Å²) in [7, 11) is 1.86. The van der Waals surface area contributed by atoms with Crippen molar-refractivity contribution in [3.63, 3.8) is 0 Å². The number of hydrogen-bond donors (Lipinski definition) is 2. The number of likely N-dealkylation sites (N-methyl/N-ethyl adjacent to an activating group) is 1. The molecule has 2 N–H and O–H groups in total. The Morgan fingerprint density at radius 1 is 1.44 bits per heavy atom. The lowest BCUT2D eigenvalue weighted by Gasteiger charge is -2.17. The molecule has 0 radical (unpaired) electrons. The summed E-state index contributed by atoms with van der Waals surface area (Å²) in [6, 6.07) is 6.09. The van der Waals surface area contributed by atoms with E-state index in [0.717, 1.165) is 11.3 Å². The molecule has 98 valence electrons. The summed E-state index contributed by atoms with van der Waals surface area (Å²) < 4.78 is 6.51. The van der Waals surface area contributed by atoms with Gasteiger partial charge in [-0.2, -0.15) is 0 Å². The molecule has 4 nitrogen and oxygen atoms in total. The molecular weight excluding hydrogens is 343 g/mol. The van der Waals surface area contributed by atoms with Crippen LogP contribution >= 0.6 is 22.6 Å². The molecule has 0 spiro atoms. The molecule has 1 aromatic carbocycles. The molecule has 18 heavy (non-hydrogen) atoms. The largest absolute Gasteiger partial charge is 0.379 e. The Morgan fingerprint density at radius 2 is 2.22 bits per heavy atom. The first-order valence-corrected chi connectivity index (χ1v) is 7.01. The minimum absolute atomic E-state index is 0.0242. The van der Waals surface area contributed by atoms with Crippen LogP contribution in [0.15, 0.2) is 18.2 Å². The molecule has 0 aliphatic carbocycles. The van der Waals surface area contributed by atoms with Gasteiger partial charge in [0.25, 0.3) is 0 Å². The van der Waals surface area contributed by atoms with E-state index in [4.69, 9.17) is 4.74 Å². The fraction of sp³-hybridized carbons (Fsp3) is 0.462. The van der Waals surface area contributed by atoms with Crippen molar-refractivity contribution in [2.75, 3.05) is 25.6 Å². The zero-order chi connectivity index (χ0) is 13.1. The zero-order valence-corrected chi connectivity index (χ0v) is 12.7. The number of ether oxygens (including phenoxy) is 1. The standard InChI is InChI=1S/C13H17IN2O2/c1-8-5-9(14)3-4-11(8)16-13(17)10-6-18-7-12(10)15-2/h3-5,10,12,15H,6-7H2,1-2H3,(H,16,17). The summed E-state index contributed by atoms with van der Waals surface area (Å²) in [5, 5.41) is 6.10. The molecule has 0 aromatic heterocycles. The Kier molecular flexibility index (Phi) is 4.58. The van der Waals surface area contributed by atoms with Gasteiger partial charge < -0.3 is 15.4 Å². The molecule has 1 heterocycles. The van der Waals surface area contributed by atoms with Crippen molar-refractivity contribution < 1.29 is 9.53 Å². The molecule has 0 saturated carbocycles. The first kappa shape index (κ1) is 13.8. The molecule has 1 aliphatic rings. The zero-order valence-electron chi connectivity index (χ0n) is 10.5. The predicted octanol–water partition coefficient (Wildman–Crippen LogP) is 1.77. The van der Waals surface area contributed by atoms with Gasteiger partial charge in [-0.1, -0.05) is 0 Å². The van der Waals surface area contributed by atoms with E-state index in [1.807, 2.05) is 26.1 Å². The van der Waals surface area contributed by atoms with Crippen LogP contribution in [0.5, 0.6) is 0 Å². The van der Waals surface area contributed by atoms with Gasteiger partial charge in [-0.05, 0) is 60.3 Å². The summed E-state index contributed by atoms with van der Waals surface area (Å²) in [6.07, 6.45) is 0. The van der Waals surface area contributed by atoms with Crippen molar-refractivity contribution in [2.24, 2.45) is 5.92 Å². The quantitative estimate of drug-likeness (QED) is 0.808. The lowest BCUT2D eigenvalue weighted by Crippen LogP contribution is -2.39. The maximum atomic E-state index is 12.2. The Morgan fingerprint density at radius 3 is 2.89 bits per heavy atom. The monoisotopic (exact) mass is 360 g/mol. The van der Waals surface area contributed by atoms with Crippen LogP contribution in [0.2, 0.25) is 0 Å². The predicted molar refractivity (Wildman–Crippen MR) is 79.7 cm³/mol. The average Bonchev–Trinajstić information content (AvgIpc) is 2.81. The second-order valence-electron chi connectivity index (χ2n) is 4.49. The SMILES string of the molecule is CNC1COCC1C(=O)Nc1ccc(I)cc1C. The number of aryl methyl sites for hydroxylation is 1. The molecule has 5 heteroatoms. The molecular formula is C13H17IN2O2. The van der Waals surface area contributed by atoms with Crippen molar-refractivity contribution in [3.8, 4) is 0 Å². The number of rotatable bonds is 3. The smallest absolute Gasteiger partial charge is 0.231 e. The normalized spacial score (nSPS) is 23.1. The van der Waals surface area contributed by atoms with Crippen LogP contribution < -0.4 is 10.6 Å². The van der Waals surface area contributed by atoms with Gasteiger partial charge >= 0.3 is 0 Å². The molecule has 2 unspecified atom stereocenters. The van der Waals surface area contributed by atoms with E-state index in [-0.39, 0.29) is 17.9 Å². The first-order chi connectivity index (χ1) is 8.61. The van der Waals surface area contributed by atoms with Gasteiger partial charge in [0.15, 0.2) is 0 Å². The lowest BCUT2D eigenvalue weighted by molar-refractivity contribution is -0.120. The van der Waals surface area contributed by atoms with Gasteiger partial charge in [-0.25, -0.2) is 0 Å². The summed E-state index contributed by atoms with van der Waals surface area (Å²) in [6.45, 7) is 3.08. The highest BCUT2D eigenvalue weighted by molar-refractivity contribution is 14.1. The van der Waals surface area contributed by atoms with Gasteiger partial charge in [0.05, 0.1) is 19.1 Å². The third kappa shape index (κ3) is 3.02. The van der Waals surface area contributed by atoms with Crippen molar-refractivity contribution >= 4 is 34.2 Å². The van der Waals surface area contributed by atoms with Gasteiger partial charge in [-0.3, -0.25) is 4.79 Å². The number of halogens is 1. The highest BCUT2D eigenvalue weighted by Gasteiger charge is 2.33. The average molecular weight is 360 g/mol. The van der Waals surface area contributed by atoms with E-state index in [1.165, 1.54) is 3.57 Å². The maximum Gasteiger partial charge on any atom is 0.231 e. The van der Waals surface area contributed by atoms with Crippen molar-refractivity contribution in [1.82, 2.24) is 5.32 Å². The first-order valence-electron chi connectivity index (χ1n) is 5.94. The summed E-state index contributed by atoms with van der Waals surface area (Å²) >= 11 is 2.26. The van der Waals surface area contributed by atoms with E-state index in [9.17, 15) is 4.79 Å². The van der Waals surface area contributed by atoms with Crippen LogP contribution in [0.3, 0.4) is 0 Å². The van der Waals surface area contributed by atoms with Crippen LogP contribution in [-0.2, 0) is 9.53 Å². The Labute approximate surface area is 121 Å². The van der Waals surface area contributed by atoms with Crippen molar-refractivity contribution in [3.05, 3.63) is 27.3 Å². The van der Waals surface area contributed by atoms with Crippen LogP contribution in [-0.4, -0.2) is 32.2 Å². The highest BCUT2D eigenvalue weighted by atomic mass is 127. The Hall–Kier alpha value is -0.660. The third-order valence-electron chi connectivity index (χ3n) is 3.23. The van der Waals surface area contributed by atoms with E-state index in [0.29, 0.717) is 13.2 Å². The Balaban J connectivity index is 2.07. The Bertz CT molecular complexity index is 451. The number of nitrogens with one attached hydrogen (secondary N) is 2.